The molecular weight excluding hydrogens is 308 g/mol. The quantitative estimate of drug-likeness (QED) is 0.781. The van der Waals surface area contributed by atoms with E-state index in [0.29, 0.717) is 11.8 Å². The summed E-state index contributed by atoms with van der Waals surface area (Å²) in [5.41, 5.74) is 0. The lowest BCUT2D eigenvalue weighted by Gasteiger charge is -2.27. The van der Waals surface area contributed by atoms with E-state index in [9.17, 15) is 8.42 Å². The van der Waals surface area contributed by atoms with Crippen molar-refractivity contribution in [2.75, 3.05) is 19.8 Å². The zero-order valence-electron chi connectivity index (χ0n) is 12.6. The number of hydrogen-bond acceptors (Lipinski definition) is 5. The van der Waals surface area contributed by atoms with Crippen LogP contribution < -0.4 is 10.0 Å². The van der Waals surface area contributed by atoms with Gasteiger partial charge in [-0.15, -0.1) is 0 Å². The molecule has 1 fully saturated rings. The van der Waals surface area contributed by atoms with Crippen molar-refractivity contribution < 1.29 is 8.42 Å². The number of sulfonamides is 1. The minimum absolute atomic E-state index is 0.0547. The summed E-state index contributed by atoms with van der Waals surface area (Å²) in [7, 11) is -1.59. The number of aromatic nitrogens is 2. The van der Waals surface area contributed by atoms with Gasteiger partial charge >= 0.3 is 0 Å². The molecule has 2 N–H and O–H groups in total. The summed E-state index contributed by atoms with van der Waals surface area (Å²) in [5.74, 6) is 0. The smallest absolute Gasteiger partial charge is 0.243 e. The lowest BCUT2D eigenvalue weighted by Crippen LogP contribution is -2.37. The maximum atomic E-state index is 12.4. The summed E-state index contributed by atoms with van der Waals surface area (Å²) in [6, 6.07) is 0.0547. The Morgan fingerprint density at radius 3 is 2.71 bits per heavy atom. The molecule has 0 unspecified atom stereocenters. The fourth-order valence-electron chi connectivity index (χ4n) is 2.54. The second kappa shape index (κ2) is 7.62. The van der Waals surface area contributed by atoms with Crippen LogP contribution in [0.15, 0.2) is 17.3 Å². The van der Waals surface area contributed by atoms with Gasteiger partial charge in [-0.05, 0) is 39.0 Å². The molecule has 0 radical (unpaired) electrons. The lowest BCUT2D eigenvalue weighted by atomic mass is 9.96. The van der Waals surface area contributed by atoms with Gasteiger partial charge in [0.25, 0.3) is 0 Å². The molecule has 8 heteroatoms. The van der Waals surface area contributed by atoms with Gasteiger partial charge in [-0.25, -0.2) is 13.1 Å². The second-order valence-electron chi connectivity index (χ2n) is 5.37. The molecule has 1 aliphatic carbocycles. The van der Waals surface area contributed by atoms with Crippen molar-refractivity contribution in [3.05, 3.63) is 12.4 Å². The molecule has 0 saturated heterocycles. The summed E-state index contributed by atoms with van der Waals surface area (Å²) in [4.78, 5) is 0.255. The summed E-state index contributed by atoms with van der Waals surface area (Å²) in [5, 5.41) is 7.78. The zero-order chi connectivity index (χ0) is 15.3. The SMILES string of the molecule is CNCCn1cc(S(=O)(=O)NC2CCC(SC)CC2)cn1. The van der Waals surface area contributed by atoms with E-state index >= 15 is 0 Å². The van der Waals surface area contributed by atoms with Crippen molar-refractivity contribution in [2.24, 2.45) is 0 Å². The molecule has 21 heavy (non-hydrogen) atoms. The normalized spacial score (nSPS) is 23.3. The lowest BCUT2D eigenvalue weighted by molar-refractivity contribution is 0.420. The Balaban J connectivity index is 1.94. The number of hydrogen-bond donors (Lipinski definition) is 2. The summed E-state index contributed by atoms with van der Waals surface area (Å²) in [6.45, 7) is 1.41. The minimum Gasteiger partial charge on any atom is -0.318 e. The van der Waals surface area contributed by atoms with Crippen molar-refractivity contribution in [3.8, 4) is 0 Å². The third-order valence-corrected chi connectivity index (χ3v) is 6.45. The molecule has 2 rings (SSSR count). The third-order valence-electron chi connectivity index (χ3n) is 3.84. The van der Waals surface area contributed by atoms with Crippen LogP contribution in [0.1, 0.15) is 25.7 Å². The number of likely N-dealkylation sites (N-methyl/N-ethyl adjacent to an activating group) is 1. The molecular formula is C13H24N4O2S2. The molecule has 6 nitrogen and oxygen atoms in total. The molecule has 1 heterocycles. The van der Waals surface area contributed by atoms with Gasteiger partial charge in [-0.3, -0.25) is 4.68 Å². The van der Waals surface area contributed by atoms with E-state index in [2.05, 4.69) is 21.4 Å². The molecule has 1 aromatic heterocycles. The van der Waals surface area contributed by atoms with Crippen molar-refractivity contribution in [1.82, 2.24) is 19.8 Å². The highest BCUT2D eigenvalue weighted by molar-refractivity contribution is 7.99. The second-order valence-corrected chi connectivity index (χ2v) is 8.23. The van der Waals surface area contributed by atoms with E-state index in [-0.39, 0.29) is 10.9 Å². The highest BCUT2D eigenvalue weighted by Crippen LogP contribution is 2.27. The average Bonchev–Trinajstić information content (AvgIpc) is 2.95. The van der Waals surface area contributed by atoms with Gasteiger partial charge in [-0.1, -0.05) is 0 Å². The molecule has 120 valence electrons. The molecule has 0 aliphatic heterocycles. The molecule has 1 saturated carbocycles. The molecule has 1 aromatic rings. The average molecular weight is 332 g/mol. The highest BCUT2D eigenvalue weighted by Gasteiger charge is 2.26. The van der Waals surface area contributed by atoms with Crippen molar-refractivity contribution in [1.29, 1.82) is 0 Å². The first-order valence-corrected chi connectivity index (χ1v) is 10.0. The molecule has 0 atom stereocenters. The Hall–Kier alpha value is -0.570. The first-order chi connectivity index (χ1) is 10.0. The van der Waals surface area contributed by atoms with E-state index < -0.39 is 10.0 Å². The molecule has 1 aliphatic rings. The van der Waals surface area contributed by atoms with Crippen LogP contribution in [0, 0.1) is 0 Å². The number of rotatable bonds is 7. The fraction of sp³-hybridized carbons (Fsp3) is 0.769. The topological polar surface area (TPSA) is 76.0 Å². The first-order valence-electron chi connectivity index (χ1n) is 7.27. The first kappa shape index (κ1) is 16.8. The Labute approximate surface area is 131 Å². The van der Waals surface area contributed by atoms with Crippen LogP contribution in [-0.4, -0.2) is 49.3 Å². The summed E-state index contributed by atoms with van der Waals surface area (Å²) >= 11 is 1.88. The summed E-state index contributed by atoms with van der Waals surface area (Å²) in [6.07, 6.45) is 9.12. The monoisotopic (exact) mass is 332 g/mol. The largest absolute Gasteiger partial charge is 0.318 e. The van der Waals surface area contributed by atoms with Crippen LogP contribution in [0.4, 0.5) is 0 Å². The Morgan fingerprint density at radius 2 is 2.10 bits per heavy atom. The maximum Gasteiger partial charge on any atom is 0.243 e. The standard InChI is InChI=1S/C13H24N4O2S2/c1-14-7-8-17-10-13(9-15-17)21(18,19)16-11-3-5-12(20-2)6-4-11/h9-12,14,16H,3-8H2,1-2H3. The van der Waals surface area contributed by atoms with Crippen LogP contribution in [0.2, 0.25) is 0 Å². The third kappa shape index (κ3) is 4.70. The predicted molar refractivity (Wildman–Crippen MR) is 86.0 cm³/mol. The Kier molecular flexibility index (Phi) is 6.09. The van der Waals surface area contributed by atoms with Gasteiger partial charge in [0.05, 0.1) is 12.7 Å². The maximum absolute atomic E-state index is 12.4. The summed E-state index contributed by atoms with van der Waals surface area (Å²) < 4.78 is 29.2. The van der Waals surface area contributed by atoms with Crippen LogP contribution in [-0.2, 0) is 16.6 Å². The van der Waals surface area contributed by atoms with E-state index in [0.717, 1.165) is 32.2 Å². The van der Waals surface area contributed by atoms with Crippen LogP contribution in [0.3, 0.4) is 0 Å². The fourth-order valence-corrected chi connectivity index (χ4v) is 4.54. The Bertz CT molecular complexity index is 536. The number of nitrogens with zero attached hydrogens (tertiary/aromatic N) is 2. The zero-order valence-corrected chi connectivity index (χ0v) is 14.2. The van der Waals surface area contributed by atoms with E-state index in [4.69, 9.17) is 0 Å². The predicted octanol–water partition coefficient (Wildman–Crippen LogP) is 1.05. The van der Waals surface area contributed by atoms with E-state index in [1.807, 2.05) is 18.8 Å². The van der Waals surface area contributed by atoms with Crippen molar-refractivity contribution in [3.63, 3.8) is 0 Å². The minimum atomic E-state index is -3.45. The molecule has 0 bridgehead atoms. The van der Waals surface area contributed by atoms with Crippen LogP contribution in [0.5, 0.6) is 0 Å². The van der Waals surface area contributed by atoms with E-state index in [1.165, 1.54) is 6.20 Å². The van der Waals surface area contributed by atoms with Gasteiger partial charge in [0.15, 0.2) is 0 Å². The Morgan fingerprint density at radius 1 is 1.38 bits per heavy atom. The van der Waals surface area contributed by atoms with Crippen LogP contribution in [0.25, 0.3) is 0 Å². The highest BCUT2D eigenvalue weighted by atomic mass is 32.2. The van der Waals surface area contributed by atoms with E-state index in [1.54, 1.807) is 10.9 Å². The van der Waals surface area contributed by atoms with Crippen molar-refractivity contribution >= 4 is 21.8 Å². The number of nitrogens with one attached hydrogen (secondary N) is 2. The number of thioether (sulfide) groups is 1. The van der Waals surface area contributed by atoms with Crippen molar-refractivity contribution in [2.45, 2.75) is 48.4 Å². The van der Waals surface area contributed by atoms with Gasteiger partial charge in [0, 0.05) is 24.0 Å². The molecule has 0 amide bonds. The molecule has 0 aromatic carbocycles. The van der Waals surface area contributed by atoms with Gasteiger partial charge in [0.2, 0.25) is 10.0 Å². The van der Waals surface area contributed by atoms with Gasteiger partial charge in [0.1, 0.15) is 4.90 Å². The van der Waals surface area contributed by atoms with Gasteiger partial charge < -0.3 is 5.32 Å². The van der Waals surface area contributed by atoms with Gasteiger partial charge in [-0.2, -0.15) is 16.9 Å². The molecule has 0 spiro atoms. The van der Waals surface area contributed by atoms with Crippen LogP contribution >= 0.6 is 11.8 Å².